The SMILES string of the molecule is CC(SC1=NC(=Cc2ccco2)C(=O)N1c1ccc(OC(F)F)cc1)C(=O)N1CCc2ccccc2C1. The Morgan fingerprint density at radius 2 is 1.86 bits per heavy atom. The fourth-order valence-corrected chi connectivity index (χ4v) is 5.25. The van der Waals surface area contributed by atoms with Crippen molar-refractivity contribution in [2.75, 3.05) is 11.4 Å². The number of carbonyl (C=O) groups excluding carboxylic acids is 2. The lowest BCUT2D eigenvalue weighted by Gasteiger charge is -2.31. The van der Waals surface area contributed by atoms with Crippen molar-refractivity contribution in [3.63, 3.8) is 0 Å². The molecule has 1 aromatic heterocycles. The fourth-order valence-electron chi connectivity index (χ4n) is 4.24. The molecule has 7 nitrogen and oxygen atoms in total. The number of amidine groups is 1. The van der Waals surface area contributed by atoms with E-state index in [1.165, 1.54) is 58.8 Å². The van der Waals surface area contributed by atoms with Crippen LogP contribution in [0.2, 0.25) is 0 Å². The van der Waals surface area contributed by atoms with Gasteiger partial charge >= 0.3 is 6.61 Å². The number of amides is 2. The molecule has 2 aromatic carbocycles. The van der Waals surface area contributed by atoms with Crippen molar-refractivity contribution in [2.45, 2.75) is 31.8 Å². The van der Waals surface area contributed by atoms with Crippen LogP contribution in [0.15, 0.2) is 82.0 Å². The normalized spacial score (nSPS) is 17.2. The van der Waals surface area contributed by atoms with Crippen LogP contribution in [0.25, 0.3) is 6.08 Å². The molecule has 0 bridgehead atoms. The highest BCUT2D eigenvalue weighted by Gasteiger charge is 2.35. The van der Waals surface area contributed by atoms with Gasteiger partial charge in [0.1, 0.15) is 17.2 Å². The molecule has 0 aliphatic carbocycles. The highest BCUT2D eigenvalue weighted by Crippen LogP contribution is 2.33. The average molecular weight is 524 g/mol. The van der Waals surface area contributed by atoms with Crippen LogP contribution in [0, 0.1) is 0 Å². The van der Waals surface area contributed by atoms with Gasteiger partial charge in [-0.3, -0.25) is 14.5 Å². The smallest absolute Gasteiger partial charge is 0.387 e. The number of nitrogens with zero attached hydrogens (tertiary/aromatic N) is 3. The number of ether oxygens (including phenoxy) is 1. The van der Waals surface area contributed by atoms with Crippen LogP contribution in [0.4, 0.5) is 14.5 Å². The molecule has 2 aliphatic rings. The molecule has 0 radical (unpaired) electrons. The molecule has 2 aliphatic heterocycles. The summed E-state index contributed by atoms with van der Waals surface area (Å²) >= 11 is 1.17. The molecule has 190 valence electrons. The van der Waals surface area contributed by atoms with Gasteiger partial charge in [0.25, 0.3) is 5.91 Å². The Bertz CT molecular complexity index is 1360. The van der Waals surface area contributed by atoms with E-state index < -0.39 is 17.8 Å². The number of furan rings is 1. The molecular weight excluding hydrogens is 500 g/mol. The van der Waals surface area contributed by atoms with E-state index in [9.17, 15) is 18.4 Å². The van der Waals surface area contributed by atoms with Crippen molar-refractivity contribution in [2.24, 2.45) is 4.99 Å². The number of anilines is 1. The van der Waals surface area contributed by atoms with E-state index in [-0.39, 0.29) is 17.4 Å². The maximum absolute atomic E-state index is 13.3. The number of benzene rings is 2. The standard InChI is InChI=1S/C27H23F2N3O4S/c1-17(24(33)31-13-12-18-5-2-3-6-19(18)16-31)37-27-30-23(15-22-7-4-14-35-22)25(34)32(27)20-8-10-21(11-9-20)36-26(28)29/h2-11,14-15,17,26H,12-13,16H2,1H3. The highest BCUT2D eigenvalue weighted by atomic mass is 32.2. The number of rotatable bonds is 6. The lowest BCUT2D eigenvalue weighted by atomic mass is 10.00. The maximum atomic E-state index is 13.3. The number of hydrogen-bond acceptors (Lipinski definition) is 6. The highest BCUT2D eigenvalue weighted by molar-refractivity contribution is 8.15. The summed E-state index contributed by atoms with van der Waals surface area (Å²) in [4.78, 5) is 34.4. The number of aliphatic imine (C=N–C) groups is 1. The molecular formula is C27H23F2N3O4S. The van der Waals surface area contributed by atoms with Gasteiger partial charge in [-0.05, 0) is 60.9 Å². The Hall–Kier alpha value is -3.92. The predicted octanol–water partition coefficient (Wildman–Crippen LogP) is 5.33. The molecule has 0 N–H and O–H groups in total. The number of fused-ring (bicyclic) bond motifs is 1. The topological polar surface area (TPSA) is 75.4 Å². The zero-order chi connectivity index (χ0) is 25.9. The predicted molar refractivity (Wildman–Crippen MR) is 137 cm³/mol. The van der Waals surface area contributed by atoms with Crippen LogP contribution in [0.1, 0.15) is 23.8 Å². The first-order chi connectivity index (χ1) is 17.9. The molecule has 1 atom stereocenters. The minimum Gasteiger partial charge on any atom is -0.465 e. The Balaban J connectivity index is 1.38. The first-order valence-corrected chi connectivity index (χ1v) is 12.5. The first-order valence-electron chi connectivity index (χ1n) is 11.6. The van der Waals surface area contributed by atoms with Crippen molar-refractivity contribution in [1.82, 2.24) is 4.90 Å². The number of carbonyl (C=O) groups is 2. The van der Waals surface area contributed by atoms with Gasteiger partial charge in [-0.15, -0.1) is 0 Å². The molecule has 0 saturated heterocycles. The zero-order valence-electron chi connectivity index (χ0n) is 19.8. The lowest BCUT2D eigenvalue weighted by molar-refractivity contribution is -0.131. The van der Waals surface area contributed by atoms with Gasteiger partial charge in [-0.2, -0.15) is 8.78 Å². The second kappa shape index (κ2) is 10.6. The second-order valence-electron chi connectivity index (χ2n) is 8.49. The summed E-state index contributed by atoms with van der Waals surface area (Å²) in [5.41, 5.74) is 2.92. The maximum Gasteiger partial charge on any atom is 0.387 e. The summed E-state index contributed by atoms with van der Waals surface area (Å²) in [7, 11) is 0. The zero-order valence-corrected chi connectivity index (χ0v) is 20.7. The molecule has 0 spiro atoms. The fraction of sp³-hybridized carbons (Fsp3) is 0.222. The van der Waals surface area contributed by atoms with E-state index in [4.69, 9.17) is 4.42 Å². The molecule has 3 heterocycles. The Morgan fingerprint density at radius 3 is 2.57 bits per heavy atom. The van der Waals surface area contributed by atoms with E-state index in [1.807, 2.05) is 23.1 Å². The Morgan fingerprint density at radius 1 is 1.11 bits per heavy atom. The van der Waals surface area contributed by atoms with E-state index >= 15 is 0 Å². The third-order valence-electron chi connectivity index (χ3n) is 6.04. The van der Waals surface area contributed by atoms with Gasteiger partial charge in [0, 0.05) is 19.2 Å². The van der Waals surface area contributed by atoms with E-state index in [0.717, 1.165) is 12.0 Å². The van der Waals surface area contributed by atoms with Gasteiger partial charge in [0.2, 0.25) is 5.91 Å². The summed E-state index contributed by atoms with van der Waals surface area (Å²) in [6.07, 6.45) is 3.79. The third-order valence-corrected chi connectivity index (χ3v) is 7.08. The van der Waals surface area contributed by atoms with E-state index in [2.05, 4.69) is 15.8 Å². The van der Waals surface area contributed by atoms with Crippen LogP contribution in [-0.2, 0) is 22.6 Å². The molecule has 2 amide bonds. The molecule has 0 saturated carbocycles. The molecule has 5 rings (SSSR count). The monoisotopic (exact) mass is 523 g/mol. The number of alkyl halides is 2. The van der Waals surface area contributed by atoms with Crippen molar-refractivity contribution < 1.29 is 27.5 Å². The van der Waals surface area contributed by atoms with Gasteiger partial charge in [0.15, 0.2) is 5.17 Å². The lowest BCUT2D eigenvalue weighted by Crippen LogP contribution is -2.41. The summed E-state index contributed by atoms with van der Waals surface area (Å²) in [6.45, 7) is -0.0228. The average Bonchev–Trinajstić information content (AvgIpc) is 3.51. The molecule has 37 heavy (non-hydrogen) atoms. The van der Waals surface area contributed by atoms with E-state index in [1.54, 1.807) is 19.1 Å². The second-order valence-corrected chi connectivity index (χ2v) is 9.80. The van der Waals surface area contributed by atoms with Gasteiger partial charge in [-0.1, -0.05) is 36.0 Å². The van der Waals surface area contributed by atoms with Crippen LogP contribution in [0.3, 0.4) is 0 Å². The third kappa shape index (κ3) is 5.43. The largest absolute Gasteiger partial charge is 0.465 e. The summed E-state index contributed by atoms with van der Waals surface area (Å²) in [5, 5.41) is -0.215. The summed E-state index contributed by atoms with van der Waals surface area (Å²) in [5.74, 6) is -0.0568. The number of hydrogen-bond donors (Lipinski definition) is 0. The van der Waals surface area contributed by atoms with E-state index in [0.29, 0.717) is 29.7 Å². The van der Waals surface area contributed by atoms with Crippen LogP contribution < -0.4 is 9.64 Å². The van der Waals surface area contributed by atoms with Crippen molar-refractivity contribution in [3.05, 3.63) is 89.5 Å². The number of halogens is 2. The summed E-state index contributed by atoms with van der Waals surface area (Å²) in [6, 6.07) is 17.2. The van der Waals surface area contributed by atoms with Gasteiger partial charge in [-0.25, -0.2) is 4.99 Å². The molecule has 1 unspecified atom stereocenters. The molecule has 0 fully saturated rings. The van der Waals surface area contributed by atoms with Crippen LogP contribution in [0.5, 0.6) is 5.75 Å². The quantitative estimate of drug-likeness (QED) is 0.408. The van der Waals surface area contributed by atoms with Gasteiger partial charge in [0.05, 0.1) is 17.2 Å². The molecule has 3 aromatic rings. The van der Waals surface area contributed by atoms with Crippen molar-refractivity contribution in [3.8, 4) is 5.75 Å². The van der Waals surface area contributed by atoms with Crippen LogP contribution >= 0.6 is 11.8 Å². The van der Waals surface area contributed by atoms with Gasteiger partial charge < -0.3 is 14.1 Å². The summed E-state index contributed by atoms with van der Waals surface area (Å²) < 4.78 is 34.9. The minimum atomic E-state index is -2.96. The Kier molecular flexibility index (Phi) is 7.09. The van der Waals surface area contributed by atoms with Crippen molar-refractivity contribution >= 4 is 40.5 Å². The Labute approximate surface area is 216 Å². The molecule has 10 heteroatoms. The van der Waals surface area contributed by atoms with Crippen LogP contribution in [-0.4, -0.2) is 40.3 Å². The van der Waals surface area contributed by atoms with Crippen molar-refractivity contribution in [1.29, 1.82) is 0 Å². The number of thioether (sulfide) groups is 1. The first kappa shape index (κ1) is 24.8. The minimum absolute atomic E-state index is 0.0307.